The molecule has 1 aliphatic carbocycles. The van der Waals surface area contributed by atoms with Crippen LogP contribution in [0.15, 0.2) is 22.7 Å². The van der Waals surface area contributed by atoms with Crippen LogP contribution >= 0.6 is 15.9 Å². The fourth-order valence-corrected chi connectivity index (χ4v) is 4.75. The average molecular weight is 439 g/mol. The summed E-state index contributed by atoms with van der Waals surface area (Å²) in [7, 11) is 0. The molecule has 1 aromatic carbocycles. The van der Waals surface area contributed by atoms with Crippen LogP contribution in [0.5, 0.6) is 0 Å². The molecule has 27 heavy (non-hydrogen) atoms. The highest BCUT2D eigenvalue weighted by Gasteiger charge is 2.33. The highest BCUT2D eigenvalue weighted by atomic mass is 79.9. The van der Waals surface area contributed by atoms with Crippen molar-refractivity contribution in [3.05, 3.63) is 34.1 Å². The highest BCUT2D eigenvalue weighted by molar-refractivity contribution is 9.10. The zero-order valence-electron chi connectivity index (χ0n) is 15.7. The number of rotatable bonds is 6. The van der Waals surface area contributed by atoms with Gasteiger partial charge in [-0.3, -0.25) is 0 Å². The molecule has 0 spiro atoms. The van der Waals surface area contributed by atoms with Crippen LogP contribution in [0.4, 0.5) is 9.18 Å². The fraction of sp³-hybridized carbons (Fsp3) is 0.667. The van der Waals surface area contributed by atoms with Gasteiger partial charge in [0.1, 0.15) is 5.82 Å². The Kier molecular flexibility index (Phi) is 6.02. The topological polar surface area (TPSA) is 32.8 Å². The molecule has 1 saturated carbocycles. The predicted molar refractivity (Wildman–Crippen MR) is 106 cm³/mol. The third-order valence-corrected chi connectivity index (χ3v) is 6.87. The van der Waals surface area contributed by atoms with E-state index < -0.39 is 0 Å². The molecule has 4 rings (SSSR count). The lowest BCUT2D eigenvalue weighted by molar-refractivity contribution is 0.0254. The summed E-state index contributed by atoms with van der Waals surface area (Å²) in [6, 6.07) is 4.96. The number of carbonyl (C=O) groups is 1. The van der Waals surface area contributed by atoms with E-state index in [0.29, 0.717) is 24.4 Å². The first-order valence-corrected chi connectivity index (χ1v) is 10.9. The second-order valence-corrected chi connectivity index (χ2v) is 9.33. The summed E-state index contributed by atoms with van der Waals surface area (Å²) < 4.78 is 19.9. The van der Waals surface area contributed by atoms with Crippen molar-refractivity contribution in [2.24, 2.45) is 17.8 Å². The largest absolute Gasteiger partial charge is 0.449 e. The van der Waals surface area contributed by atoms with Crippen LogP contribution < -0.4 is 0 Å². The standard InChI is InChI=1S/C21H28BrFN2O2/c22-20-4-3-19(23)10-18(20)9-15-5-7-24(8-6-15)11-17-13-25(12-16-1-2-16)21(26)27-14-17/h3-4,10,15-17H,1-2,5-9,11-14H2. The number of piperidine rings is 1. The molecule has 2 heterocycles. The number of likely N-dealkylation sites (tertiary alicyclic amines) is 1. The van der Waals surface area contributed by atoms with E-state index in [1.54, 1.807) is 12.1 Å². The van der Waals surface area contributed by atoms with Gasteiger partial charge >= 0.3 is 6.09 Å². The number of ether oxygens (including phenoxy) is 1. The number of carbonyl (C=O) groups excluding carboxylic acids is 1. The van der Waals surface area contributed by atoms with Gasteiger partial charge in [0.2, 0.25) is 0 Å². The quantitative estimate of drug-likeness (QED) is 0.662. The van der Waals surface area contributed by atoms with Crippen LogP contribution in [-0.4, -0.2) is 55.2 Å². The molecule has 1 aromatic rings. The van der Waals surface area contributed by atoms with Crippen LogP contribution in [0.25, 0.3) is 0 Å². The number of cyclic esters (lactones) is 1. The first-order valence-electron chi connectivity index (χ1n) is 10.1. The Hall–Kier alpha value is -1.14. The molecule has 148 valence electrons. The van der Waals surface area contributed by atoms with Crippen molar-refractivity contribution >= 4 is 22.0 Å². The molecule has 2 aliphatic heterocycles. The SMILES string of the molecule is O=C1OCC(CN2CCC(Cc3cc(F)ccc3Br)CC2)CN1CC1CC1. The zero-order chi connectivity index (χ0) is 18.8. The van der Waals surface area contributed by atoms with E-state index in [1.807, 2.05) is 4.90 Å². The maximum Gasteiger partial charge on any atom is 0.409 e. The summed E-state index contributed by atoms with van der Waals surface area (Å²) in [5, 5.41) is 0. The average Bonchev–Trinajstić information content (AvgIpc) is 3.47. The van der Waals surface area contributed by atoms with Crippen molar-refractivity contribution < 1.29 is 13.9 Å². The molecule has 1 atom stereocenters. The van der Waals surface area contributed by atoms with E-state index in [1.165, 1.54) is 18.9 Å². The van der Waals surface area contributed by atoms with Gasteiger partial charge < -0.3 is 14.5 Å². The molecule has 2 saturated heterocycles. The lowest BCUT2D eigenvalue weighted by Crippen LogP contribution is -2.48. The summed E-state index contributed by atoms with van der Waals surface area (Å²) in [6.07, 6.45) is 5.59. The van der Waals surface area contributed by atoms with E-state index in [0.717, 1.165) is 62.0 Å². The number of nitrogens with zero attached hydrogens (tertiary/aromatic N) is 2. The Balaban J connectivity index is 1.23. The van der Waals surface area contributed by atoms with Gasteiger partial charge in [0.15, 0.2) is 0 Å². The van der Waals surface area contributed by atoms with Crippen molar-refractivity contribution in [2.75, 3.05) is 39.3 Å². The molecule has 4 nitrogen and oxygen atoms in total. The van der Waals surface area contributed by atoms with E-state index in [4.69, 9.17) is 4.74 Å². The van der Waals surface area contributed by atoms with Gasteiger partial charge in [-0.25, -0.2) is 9.18 Å². The molecular formula is C21H28BrFN2O2. The smallest absolute Gasteiger partial charge is 0.409 e. The van der Waals surface area contributed by atoms with Gasteiger partial charge in [0.05, 0.1) is 6.61 Å². The lowest BCUT2D eigenvalue weighted by Gasteiger charge is -2.38. The van der Waals surface area contributed by atoms with Crippen LogP contribution in [0.3, 0.4) is 0 Å². The number of benzene rings is 1. The number of amides is 1. The molecule has 0 aromatic heterocycles. The Morgan fingerprint density at radius 2 is 1.85 bits per heavy atom. The first kappa shape index (κ1) is 19.2. The van der Waals surface area contributed by atoms with E-state index >= 15 is 0 Å². The summed E-state index contributed by atoms with van der Waals surface area (Å²) in [5.74, 6) is 1.56. The van der Waals surface area contributed by atoms with Crippen LogP contribution in [0.2, 0.25) is 0 Å². The molecule has 6 heteroatoms. The predicted octanol–water partition coefficient (Wildman–Crippen LogP) is 4.32. The van der Waals surface area contributed by atoms with Gasteiger partial charge in [-0.05, 0) is 80.8 Å². The molecule has 3 fully saturated rings. The highest BCUT2D eigenvalue weighted by Crippen LogP contribution is 2.31. The molecule has 1 unspecified atom stereocenters. The van der Waals surface area contributed by atoms with Crippen molar-refractivity contribution in [3.63, 3.8) is 0 Å². The zero-order valence-corrected chi connectivity index (χ0v) is 17.3. The Labute approximate surface area is 169 Å². The van der Waals surface area contributed by atoms with Gasteiger partial charge in [0.25, 0.3) is 0 Å². The summed E-state index contributed by atoms with van der Waals surface area (Å²) in [4.78, 5) is 16.3. The second-order valence-electron chi connectivity index (χ2n) is 8.48. The molecule has 3 aliphatic rings. The lowest BCUT2D eigenvalue weighted by atomic mass is 9.89. The number of hydrogen-bond donors (Lipinski definition) is 0. The number of hydrogen-bond acceptors (Lipinski definition) is 3. The van der Waals surface area contributed by atoms with Gasteiger partial charge in [0, 0.05) is 30.0 Å². The Morgan fingerprint density at radius 1 is 1.07 bits per heavy atom. The van der Waals surface area contributed by atoms with Crippen molar-refractivity contribution in [1.82, 2.24) is 9.80 Å². The summed E-state index contributed by atoms with van der Waals surface area (Å²) in [6.45, 7) is 5.42. The fourth-order valence-electron chi connectivity index (χ4n) is 4.34. The van der Waals surface area contributed by atoms with Crippen LogP contribution in [-0.2, 0) is 11.2 Å². The van der Waals surface area contributed by atoms with E-state index in [2.05, 4.69) is 20.8 Å². The minimum absolute atomic E-state index is 0.127. The molecule has 0 N–H and O–H groups in total. The first-order chi connectivity index (χ1) is 13.1. The normalized spacial score (nSPS) is 24.9. The van der Waals surface area contributed by atoms with E-state index in [9.17, 15) is 9.18 Å². The van der Waals surface area contributed by atoms with Gasteiger partial charge in [-0.1, -0.05) is 15.9 Å². The van der Waals surface area contributed by atoms with Crippen LogP contribution in [0.1, 0.15) is 31.2 Å². The third kappa shape index (κ3) is 5.23. The Morgan fingerprint density at radius 3 is 2.59 bits per heavy atom. The monoisotopic (exact) mass is 438 g/mol. The van der Waals surface area contributed by atoms with E-state index in [-0.39, 0.29) is 11.9 Å². The number of halogens is 2. The molecule has 0 bridgehead atoms. The maximum atomic E-state index is 13.5. The molecule has 0 radical (unpaired) electrons. The van der Waals surface area contributed by atoms with Gasteiger partial charge in [-0.2, -0.15) is 0 Å². The summed E-state index contributed by atoms with van der Waals surface area (Å²) >= 11 is 3.54. The second kappa shape index (κ2) is 8.48. The van der Waals surface area contributed by atoms with Gasteiger partial charge in [-0.15, -0.1) is 0 Å². The third-order valence-electron chi connectivity index (χ3n) is 6.09. The summed E-state index contributed by atoms with van der Waals surface area (Å²) in [5.41, 5.74) is 1.07. The molecule has 1 amide bonds. The molecular weight excluding hydrogens is 411 g/mol. The maximum absolute atomic E-state index is 13.5. The minimum Gasteiger partial charge on any atom is -0.449 e. The van der Waals surface area contributed by atoms with Crippen molar-refractivity contribution in [2.45, 2.75) is 32.1 Å². The minimum atomic E-state index is -0.159. The Bertz CT molecular complexity index is 674. The van der Waals surface area contributed by atoms with Crippen LogP contribution in [0, 0.1) is 23.6 Å². The van der Waals surface area contributed by atoms with Crippen molar-refractivity contribution in [1.29, 1.82) is 0 Å². The van der Waals surface area contributed by atoms with Crippen molar-refractivity contribution in [3.8, 4) is 0 Å².